The Labute approximate surface area is 184 Å². The number of rotatable bonds is 5. The summed E-state index contributed by atoms with van der Waals surface area (Å²) in [6, 6.07) is 8.71. The minimum atomic E-state index is -0.631. The Balaban J connectivity index is 1.42. The number of hydrogen-bond donors (Lipinski definition) is 4. The number of H-pyrrole nitrogens is 2. The van der Waals surface area contributed by atoms with Crippen molar-refractivity contribution in [2.24, 2.45) is 0 Å². The second-order valence-corrected chi connectivity index (χ2v) is 8.39. The van der Waals surface area contributed by atoms with Crippen LogP contribution in [0.3, 0.4) is 0 Å². The number of nitrogens with one attached hydrogen (secondary N) is 2. The van der Waals surface area contributed by atoms with Crippen molar-refractivity contribution < 1.29 is 14.6 Å². The van der Waals surface area contributed by atoms with Crippen LogP contribution in [0.4, 0.5) is 4.39 Å². The highest BCUT2D eigenvalue weighted by Gasteiger charge is 2.19. The molecule has 1 saturated heterocycles. The molecule has 0 amide bonds. The minimum absolute atomic E-state index is 0.187. The van der Waals surface area contributed by atoms with Crippen LogP contribution in [0, 0.1) is 5.82 Å². The Morgan fingerprint density at radius 1 is 1.19 bits per heavy atom. The van der Waals surface area contributed by atoms with E-state index in [4.69, 9.17) is 4.98 Å². The van der Waals surface area contributed by atoms with Gasteiger partial charge in [0.15, 0.2) is 17.4 Å². The van der Waals surface area contributed by atoms with Crippen LogP contribution in [0.2, 0.25) is 0 Å². The zero-order chi connectivity index (χ0) is 22.2. The summed E-state index contributed by atoms with van der Waals surface area (Å²) in [6.07, 6.45) is 4.00. The van der Waals surface area contributed by atoms with E-state index in [0.717, 1.165) is 71.5 Å². The van der Waals surface area contributed by atoms with E-state index in [0.29, 0.717) is 12.2 Å². The van der Waals surface area contributed by atoms with Crippen molar-refractivity contribution in [1.82, 2.24) is 25.1 Å². The summed E-state index contributed by atoms with van der Waals surface area (Å²) in [5.41, 5.74) is 5.00. The highest BCUT2D eigenvalue weighted by Crippen LogP contribution is 2.33. The van der Waals surface area contributed by atoms with Crippen molar-refractivity contribution in [3.8, 4) is 28.4 Å². The van der Waals surface area contributed by atoms with Crippen LogP contribution in [0.5, 0.6) is 5.75 Å². The SMILES string of the molecule is CCc1cc(O)c(F)cc1-c1ccc2c(-c3nc(CN4CCC(O)CC4)c[nH]3)n[nH]c2c1. The molecule has 4 N–H and O–H groups in total. The number of halogens is 1. The molecule has 0 bridgehead atoms. The fraction of sp³-hybridized carbons (Fsp3) is 0.333. The molecule has 1 fully saturated rings. The van der Waals surface area contributed by atoms with Gasteiger partial charge in [0.25, 0.3) is 0 Å². The molecule has 1 aliphatic heterocycles. The van der Waals surface area contributed by atoms with E-state index in [1.165, 1.54) is 12.1 Å². The maximum absolute atomic E-state index is 14.0. The summed E-state index contributed by atoms with van der Waals surface area (Å²) in [5.74, 6) is -0.264. The Bertz CT molecular complexity index is 1260. The van der Waals surface area contributed by atoms with E-state index in [1.54, 1.807) is 0 Å². The first-order valence-corrected chi connectivity index (χ1v) is 11.0. The lowest BCUT2D eigenvalue weighted by atomic mass is 9.96. The second-order valence-electron chi connectivity index (χ2n) is 8.39. The molecule has 2 aromatic carbocycles. The maximum Gasteiger partial charge on any atom is 0.165 e. The van der Waals surface area contributed by atoms with Crippen molar-refractivity contribution >= 4 is 10.9 Å². The van der Waals surface area contributed by atoms with E-state index in [9.17, 15) is 14.6 Å². The Morgan fingerprint density at radius 3 is 2.78 bits per heavy atom. The lowest BCUT2D eigenvalue weighted by Gasteiger charge is -2.28. The van der Waals surface area contributed by atoms with Crippen molar-refractivity contribution in [2.45, 2.75) is 38.8 Å². The fourth-order valence-electron chi connectivity index (χ4n) is 4.40. The van der Waals surface area contributed by atoms with Gasteiger partial charge in [0.05, 0.1) is 17.3 Å². The van der Waals surface area contributed by atoms with Crippen LogP contribution in [0.1, 0.15) is 31.0 Å². The van der Waals surface area contributed by atoms with E-state index in [1.807, 2.05) is 31.3 Å². The molecule has 0 spiro atoms. The summed E-state index contributed by atoms with van der Waals surface area (Å²) in [6.45, 7) is 4.45. The third-order valence-electron chi connectivity index (χ3n) is 6.23. The molecule has 32 heavy (non-hydrogen) atoms. The molecule has 2 aromatic heterocycles. The van der Waals surface area contributed by atoms with Crippen LogP contribution in [-0.4, -0.2) is 54.5 Å². The predicted molar refractivity (Wildman–Crippen MR) is 121 cm³/mol. The summed E-state index contributed by atoms with van der Waals surface area (Å²) in [4.78, 5) is 10.3. The molecule has 3 heterocycles. The monoisotopic (exact) mass is 435 g/mol. The number of phenols is 1. The Morgan fingerprint density at radius 2 is 2.00 bits per heavy atom. The minimum Gasteiger partial charge on any atom is -0.505 e. The average Bonchev–Trinajstić information content (AvgIpc) is 3.43. The first-order valence-electron chi connectivity index (χ1n) is 11.0. The summed E-state index contributed by atoms with van der Waals surface area (Å²) < 4.78 is 14.0. The molecule has 5 rings (SSSR count). The number of imidazole rings is 1. The van der Waals surface area contributed by atoms with Crippen molar-refractivity contribution in [2.75, 3.05) is 13.1 Å². The van der Waals surface area contributed by atoms with Crippen LogP contribution in [0.25, 0.3) is 33.5 Å². The average molecular weight is 436 g/mol. The second kappa shape index (κ2) is 8.37. The highest BCUT2D eigenvalue weighted by molar-refractivity contribution is 5.94. The number of aryl methyl sites for hydroxylation is 1. The largest absolute Gasteiger partial charge is 0.505 e. The number of aromatic nitrogens is 4. The number of aromatic amines is 2. The summed E-state index contributed by atoms with van der Waals surface area (Å²) in [7, 11) is 0. The molecule has 0 saturated carbocycles. The van der Waals surface area contributed by atoms with Crippen molar-refractivity contribution in [3.05, 3.63) is 53.6 Å². The number of benzene rings is 2. The van der Waals surface area contributed by atoms with Gasteiger partial charge in [0.1, 0.15) is 5.69 Å². The number of aromatic hydroxyl groups is 1. The zero-order valence-corrected chi connectivity index (χ0v) is 17.9. The molecule has 0 radical (unpaired) electrons. The topological polar surface area (TPSA) is 101 Å². The molecule has 0 atom stereocenters. The number of likely N-dealkylation sites (tertiary alicyclic amines) is 1. The van der Waals surface area contributed by atoms with Crippen LogP contribution >= 0.6 is 0 Å². The predicted octanol–water partition coefficient (Wildman–Crippen LogP) is 3.98. The van der Waals surface area contributed by atoms with Gasteiger partial charge in [-0.05, 0) is 60.2 Å². The van der Waals surface area contributed by atoms with Gasteiger partial charge in [-0.3, -0.25) is 10.00 Å². The Hall–Kier alpha value is -3.23. The van der Waals surface area contributed by atoms with Crippen LogP contribution in [-0.2, 0) is 13.0 Å². The van der Waals surface area contributed by atoms with Crippen LogP contribution < -0.4 is 0 Å². The van der Waals surface area contributed by atoms with Gasteiger partial charge in [0, 0.05) is 31.2 Å². The first kappa shape index (κ1) is 20.7. The number of aliphatic hydroxyl groups is 1. The number of fused-ring (bicyclic) bond motifs is 1. The molecule has 1 aliphatic rings. The highest BCUT2D eigenvalue weighted by atomic mass is 19.1. The van der Waals surface area contributed by atoms with Crippen LogP contribution in [0.15, 0.2) is 36.5 Å². The van der Waals surface area contributed by atoms with Gasteiger partial charge in [-0.15, -0.1) is 0 Å². The molecule has 4 aromatic rings. The summed E-state index contributed by atoms with van der Waals surface area (Å²) >= 11 is 0. The van der Waals surface area contributed by atoms with E-state index < -0.39 is 5.82 Å². The van der Waals surface area contributed by atoms with Gasteiger partial charge in [-0.1, -0.05) is 13.0 Å². The molecule has 7 nitrogen and oxygen atoms in total. The van der Waals surface area contributed by atoms with Crippen molar-refractivity contribution in [1.29, 1.82) is 0 Å². The third kappa shape index (κ3) is 3.87. The molecular weight excluding hydrogens is 409 g/mol. The number of phenolic OH excluding ortho intramolecular Hbond substituents is 1. The summed E-state index contributed by atoms with van der Waals surface area (Å²) in [5, 5.41) is 27.8. The Kier molecular flexibility index (Phi) is 5.40. The first-order chi connectivity index (χ1) is 15.5. The molecule has 0 aliphatic carbocycles. The number of hydrogen-bond acceptors (Lipinski definition) is 5. The van der Waals surface area contributed by atoms with Gasteiger partial charge in [-0.25, -0.2) is 9.37 Å². The molecule has 166 valence electrons. The van der Waals surface area contributed by atoms with E-state index in [-0.39, 0.29) is 11.9 Å². The number of nitrogens with zero attached hydrogens (tertiary/aromatic N) is 3. The van der Waals surface area contributed by atoms with Gasteiger partial charge in [0.2, 0.25) is 0 Å². The quantitative estimate of drug-likeness (QED) is 0.380. The molecular formula is C24H26FN5O2. The smallest absolute Gasteiger partial charge is 0.165 e. The van der Waals surface area contributed by atoms with E-state index >= 15 is 0 Å². The third-order valence-corrected chi connectivity index (χ3v) is 6.23. The molecule has 8 heteroatoms. The molecule has 0 unspecified atom stereocenters. The normalized spacial score (nSPS) is 15.6. The van der Waals surface area contributed by atoms with E-state index in [2.05, 4.69) is 20.1 Å². The lowest BCUT2D eigenvalue weighted by Crippen LogP contribution is -2.35. The zero-order valence-electron chi connectivity index (χ0n) is 17.9. The number of piperidine rings is 1. The number of aliphatic hydroxyl groups excluding tert-OH is 1. The van der Waals surface area contributed by atoms with Gasteiger partial charge >= 0.3 is 0 Å². The van der Waals surface area contributed by atoms with Crippen molar-refractivity contribution in [3.63, 3.8) is 0 Å². The van der Waals surface area contributed by atoms with Gasteiger partial charge in [-0.2, -0.15) is 5.10 Å². The van der Waals surface area contributed by atoms with Gasteiger partial charge < -0.3 is 15.2 Å². The maximum atomic E-state index is 14.0. The lowest BCUT2D eigenvalue weighted by molar-refractivity contribution is 0.0787. The standard InChI is InChI=1S/C24H26FN5O2/c1-2-14-10-22(32)20(25)11-19(14)15-3-4-18-21(9-15)28-29-23(18)24-26-12-16(27-24)13-30-7-5-17(31)6-8-30/h3-4,9-12,17,31-32H,2,5-8,13H2,1H3,(H,26,27)(H,28,29). The fourth-order valence-corrected chi connectivity index (χ4v) is 4.40.